The Hall–Kier alpha value is -0.700. The van der Waals surface area contributed by atoms with Crippen LogP contribution in [0.25, 0.3) is 0 Å². The second kappa shape index (κ2) is 2.73. The Bertz CT molecular complexity index is 222. The van der Waals surface area contributed by atoms with Crippen LogP contribution < -0.4 is 0 Å². The minimum Gasteiger partial charge on any atom is -0.308 e. The molecule has 1 aromatic rings. The van der Waals surface area contributed by atoms with Crippen LogP contribution in [0, 0.1) is 5.41 Å². The predicted octanol–water partition coefficient (Wildman–Crippen LogP) is 1.84. The van der Waals surface area contributed by atoms with Gasteiger partial charge in [0.1, 0.15) is 4.60 Å². The van der Waals surface area contributed by atoms with Gasteiger partial charge in [-0.15, -0.1) is 0 Å². The van der Waals surface area contributed by atoms with Crippen LogP contribution in [0.2, 0.25) is 0 Å². The molecule has 9 heavy (non-hydrogen) atoms. The third kappa shape index (κ3) is 1.61. The lowest BCUT2D eigenvalue weighted by Crippen LogP contribution is -1.79. The van der Waals surface area contributed by atoms with Gasteiger partial charge in [0.25, 0.3) is 0 Å². The van der Waals surface area contributed by atoms with E-state index in [1.54, 1.807) is 18.3 Å². The second-order valence-electron chi connectivity index (χ2n) is 1.56. The van der Waals surface area contributed by atoms with Gasteiger partial charge in [-0.3, -0.25) is 0 Å². The number of hydrogen-bond donors (Lipinski definition) is 1. The molecule has 1 heterocycles. The zero-order valence-electron chi connectivity index (χ0n) is 4.63. The summed E-state index contributed by atoms with van der Waals surface area (Å²) in [6, 6.07) is 3.56. The highest BCUT2D eigenvalue weighted by Crippen LogP contribution is 2.05. The fourth-order valence-corrected chi connectivity index (χ4v) is 0.890. The summed E-state index contributed by atoms with van der Waals surface area (Å²) >= 11 is 3.19. The van der Waals surface area contributed by atoms with E-state index in [-0.39, 0.29) is 0 Å². The van der Waals surface area contributed by atoms with E-state index in [0.29, 0.717) is 0 Å². The zero-order valence-corrected chi connectivity index (χ0v) is 6.22. The third-order valence-corrected chi connectivity index (χ3v) is 1.35. The van der Waals surface area contributed by atoms with Crippen LogP contribution in [-0.4, -0.2) is 11.2 Å². The molecule has 0 unspecified atom stereocenters. The van der Waals surface area contributed by atoms with Gasteiger partial charge in [-0.05, 0) is 33.6 Å². The van der Waals surface area contributed by atoms with Gasteiger partial charge in [0.05, 0.1) is 0 Å². The van der Waals surface area contributed by atoms with Crippen molar-refractivity contribution in [2.45, 2.75) is 0 Å². The Balaban J connectivity index is 3.07. The van der Waals surface area contributed by atoms with Crippen molar-refractivity contribution in [3.63, 3.8) is 0 Å². The minimum atomic E-state index is 0.767. The van der Waals surface area contributed by atoms with Crippen molar-refractivity contribution in [1.29, 1.82) is 5.41 Å². The van der Waals surface area contributed by atoms with Crippen molar-refractivity contribution in [2.75, 3.05) is 0 Å². The molecule has 0 aliphatic rings. The molecule has 3 heteroatoms. The third-order valence-electron chi connectivity index (χ3n) is 0.917. The van der Waals surface area contributed by atoms with Crippen LogP contribution in [0.1, 0.15) is 5.56 Å². The first kappa shape index (κ1) is 6.42. The van der Waals surface area contributed by atoms with Crippen molar-refractivity contribution < 1.29 is 0 Å². The van der Waals surface area contributed by atoms with Gasteiger partial charge in [0.15, 0.2) is 0 Å². The van der Waals surface area contributed by atoms with Crippen molar-refractivity contribution >= 4 is 22.1 Å². The van der Waals surface area contributed by atoms with Gasteiger partial charge in [0.2, 0.25) is 0 Å². The molecule has 0 atom stereocenters. The van der Waals surface area contributed by atoms with Crippen LogP contribution in [0.4, 0.5) is 0 Å². The van der Waals surface area contributed by atoms with E-state index in [2.05, 4.69) is 20.9 Å². The van der Waals surface area contributed by atoms with Gasteiger partial charge in [-0.2, -0.15) is 0 Å². The molecule has 0 radical (unpaired) electrons. The zero-order chi connectivity index (χ0) is 6.69. The molecule has 0 aliphatic heterocycles. The molecule has 0 fully saturated rings. The van der Waals surface area contributed by atoms with Crippen molar-refractivity contribution in [3.8, 4) is 0 Å². The first-order valence-electron chi connectivity index (χ1n) is 2.45. The summed E-state index contributed by atoms with van der Waals surface area (Å²) in [7, 11) is 0. The number of hydrogen-bond acceptors (Lipinski definition) is 2. The smallest absolute Gasteiger partial charge is 0.106 e. The lowest BCUT2D eigenvalue weighted by atomic mass is 10.3. The van der Waals surface area contributed by atoms with E-state index >= 15 is 0 Å². The molecule has 1 rings (SSSR count). The van der Waals surface area contributed by atoms with E-state index in [9.17, 15) is 0 Å². The number of nitrogens with one attached hydrogen (secondary N) is 1. The molecule has 0 amide bonds. The van der Waals surface area contributed by atoms with Gasteiger partial charge in [-0.1, -0.05) is 0 Å². The first-order valence-corrected chi connectivity index (χ1v) is 3.24. The molecule has 1 aromatic heterocycles. The summed E-state index contributed by atoms with van der Waals surface area (Å²) in [4.78, 5) is 3.90. The van der Waals surface area contributed by atoms with Crippen molar-refractivity contribution in [3.05, 3.63) is 28.5 Å². The summed E-state index contributed by atoms with van der Waals surface area (Å²) in [5.41, 5.74) is 0.858. The van der Waals surface area contributed by atoms with Crippen LogP contribution in [0.15, 0.2) is 22.9 Å². The van der Waals surface area contributed by atoms with Crippen molar-refractivity contribution in [2.24, 2.45) is 0 Å². The molecule has 0 saturated carbocycles. The van der Waals surface area contributed by atoms with Gasteiger partial charge in [-0.25, -0.2) is 4.98 Å². The lowest BCUT2D eigenvalue weighted by molar-refractivity contribution is 1.27. The number of nitrogens with zero attached hydrogens (tertiary/aromatic N) is 1. The van der Waals surface area contributed by atoms with E-state index in [4.69, 9.17) is 5.41 Å². The summed E-state index contributed by atoms with van der Waals surface area (Å²) in [6.07, 6.45) is 2.94. The number of rotatable bonds is 1. The molecule has 0 spiro atoms. The molecule has 0 aliphatic carbocycles. The summed E-state index contributed by atoms with van der Waals surface area (Å²) in [6.45, 7) is 0. The molecule has 46 valence electrons. The average Bonchev–Trinajstić information content (AvgIpc) is 1.88. The minimum absolute atomic E-state index is 0.767. The lowest BCUT2D eigenvalue weighted by Gasteiger charge is -1.89. The molecule has 1 N–H and O–H groups in total. The number of pyridine rings is 1. The second-order valence-corrected chi connectivity index (χ2v) is 2.37. The fraction of sp³-hybridized carbons (Fsp3) is 0. The van der Waals surface area contributed by atoms with Crippen LogP contribution >= 0.6 is 15.9 Å². The number of halogens is 1. The summed E-state index contributed by atoms with van der Waals surface area (Å²) < 4.78 is 0.767. The van der Waals surface area contributed by atoms with Gasteiger partial charge < -0.3 is 5.41 Å². The van der Waals surface area contributed by atoms with Crippen molar-refractivity contribution in [1.82, 2.24) is 4.98 Å². The molecule has 0 saturated heterocycles. The van der Waals surface area contributed by atoms with Gasteiger partial charge >= 0.3 is 0 Å². The highest BCUT2D eigenvalue weighted by Gasteiger charge is 1.87. The molecule has 2 nitrogen and oxygen atoms in total. The quantitative estimate of drug-likeness (QED) is 0.525. The average molecular weight is 185 g/mol. The Labute approximate surface area is 61.6 Å². The van der Waals surface area contributed by atoms with E-state index in [1.807, 2.05) is 0 Å². The van der Waals surface area contributed by atoms with Crippen LogP contribution in [0.5, 0.6) is 0 Å². The topological polar surface area (TPSA) is 36.7 Å². The van der Waals surface area contributed by atoms with E-state index in [1.165, 1.54) is 6.21 Å². The Kier molecular flexibility index (Phi) is 1.95. The van der Waals surface area contributed by atoms with E-state index in [0.717, 1.165) is 10.2 Å². The largest absolute Gasteiger partial charge is 0.308 e. The highest BCUT2D eigenvalue weighted by atomic mass is 79.9. The van der Waals surface area contributed by atoms with Crippen LogP contribution in [0.3, 0.4) is 0 Å². The van der Waals surface area contributed by atoms with E-state index < -0.39 is 0 Å². The Morgan fingerprint density at radius 2 is 2.44 bits per heavy atom. The maximum absolute atomic E-state index is 6.87. The Morgan fingerprint density at radius 3 is 2.89 bits per heavy atom. The normalized spacial score (nSPS) is 9.00. The molecule has 0 bridgehead atoms. The standard InChI is InChI=1S/C6H5BrN2/c7-6-3-5(4-8)1-2-9-6/h1-4,8H. The molecular weight excluding hydrogens is 180 g/mol. The summed E-state index contributed by atoms with van der Waals surface area (Å²) in [5.74, 6) is 0. The maximum atomic E-state index is 6.87. The SMILES string of the molecule is N=Cc1ccnc(Br)c1. The highest BCUT2D eigenvalue weighted by molar-refractivity contribution is 9.10. The molecular formula is C6H5BrN2. The van der Waals surface area contributed by atoms with Gasteiger partial charge in [0, 0.05) is 12.4 Å². The van der Waals surface area contributed by atoms with Crippen LogP contribution in [-0.2, 0) is 0 Å². The first-order chi connectivity index (χ1) is 4.33. The summed E-state index contributed by atoms with van der Waals surface area (Å²) in [5, 5.41) is 6.87. The fourth-order valence-electron chi connectivity index (χ4n) is 0.507. The maximum Gasteiger partial charge on any atom is 0.106 e. The Morgan fingerprint density at radius 1 is 1.67 bits per heavy atom. The predicted molar refractivity (Wildman–Crippen MR) is 39.8 cm³/mol. The number of aromatic nitrogens is 1. The monoisotopic (exact) mass is 184 g/mol. The molecule has 0 aromatic carbocycles.